The van der Waals surface area contributed by atoms with Gasteiger partial charge in [-0.05, 0) is 6.92 Å². The summed E-state index contributed by atoms with van der Waals surface area (Å²) in [7, 11) is 0. The topological polar surface area (TPSA) is 43.4 Å². The number of esters is 1. The van der Waals surface area contributed by atoms with Crippen molar-refractivity contribution in [2.45, 2.75) is 13.8 Å². The van der Waals surface area contributed by atoms with E-state index >= 15 is 0 Å². The summed E-state index contributed by atoms with van der Waals surface area (Å²) in [5, 5.41) is 0. The Balaban J connectivity index is 0. The number of hydrogen-bond donors (Lipinski definition) is 0. The first-order valence-corrected chi connectivity index (χ1v) is 2.25. The van der Waals surface area contributed by atoms with E-state index in [0.717, 1.165) is 0 Å². The molecule has 4 heteroatoms. The molecular formula is C5H8MnO3+2. The summed E-state index contributed by atoms with van der Waals surface area (Å²) in [4.78, 5) is 20.0. The maximum absolute atomic E-state index is 10.1. The van der Waals surface area contributed by atoms with E-state index in [1.165, 1.54) is 13.8 Å². The van der Waals surface area contributed by atoms with Gasteiger partial charge in [-0.3, -0.25) is 9.59 Å². The Morgan fingerprint density at radius 3 is 1.89 bits per heavy atom. The maximum atomic E-state index is 10.1. The van der Waals surface area contributed by atoms with Crippen molar-refractivity contribution < 1.29 is 31.4 Å². The number of ether oxygens (including phenoxy) is 1. The Labute approximate surface area is 64.2 Å². The van der Waals surface area contributed by atoms with Crippen LogP contribution >= 0.6 is 0 Å². The zero-order valence-corrected chi connectivity index (χ0v) is 6.49. The molecule has 0 N–H and O–H groups in total. The summed E-state index contributed by atoms with van der Waals surface area (Å²) in [5.41, 5.74) is 0. The van der Waals surface area contributed by atoms with Crippen LogP contribution in [0.4, 0.5) is 0 Å². The average molecular weight is 171 g/mol. The van der Waals surface area contributed by atoms with Crippen molar-refractivity contribution in [2.75, 3.05) is 6.61 Å². The van der Waals surface area contributed by atoms with E-state index < -0.39 is 5.97 Å². The molecule has 0 saturated heterocycles. The first-order valence-electron chi connectivity index (χ1n) is 2.25. The van der Waals surface area contributed by atoms with E-state index in [4.69, 9.17) is 0 Å². The van der Waals surface area contributed by atoms with Crippen LogP contribution in [0.2, 0.25) is 0 Å². The van der Waals surface area contributed by atoms with Crippen LogP contribution in [0.3, 0.4) is 0 Å². The van der Waals surface area contributed by atoms with E-state index in [9.17, 15) is 9.59 Å². The third-order valence-corrected chi connectivity index (χ3v) is 0.479. The standard InChI is InChI=1S/C5H8O3.Mn/c1-4(6)3-8-5(2)7;/h3H2,1-2H3;/q;+2. The van der Waals surface area contributed by atoms with Gasteiger partial charge in [0.15, 0.2) is 5.78 Å². The molecule has 0 aliphatic heterocycles. The Hall–Kier alpha value is -0.341. The van der Waals surface area contributed by atoms with Crippen molar-refractivity contribution >= 4 is 11.8 Å². The molecule has 0 aromatic rings. The molecule has 0 fully saturated rings. The third-order valence-electron chi connectivity index (χ3n) is 0.479. The smallest absolute Gasteiger partial charge is 0.458 e. The molecule has 0 unspecified atom stereocenters. The molecule has 0 aliphatic rings. The van der Waals surface area contributed by atoms with Crippen molar-refractivity contribution in [3.63, 3.8) is 0 Å². The molecule has 0 aromatic heterocycles. The molecule has 1 radical (unpaired) electrons. The average Bonchev–Trinajstić information content (AvgIpc) is 1.61. The van der Waals surface area contributed by atoms with Crippen molar-refractivity contribution in [1.82, 2.24) is 0 Å². The summed E-state index contributed by atoms with van der Waals surface area (Å²) in [6, 6.07) is 0. The van der Waals surface area contributed by atoms with Crippen LogP contribution in [0.25, 0.3) is 0 Å². The van der Waals surface area contributed by atoms with Gasteiger partial charge in [0.05, 0.1) is 0 Å². The van der Waals surface area contributed by atoms with Gasteiger partial charge in [0, 0.05) is 6.92 Å². The molecule has 0 heterocycles. The van der Waals surface area contributed by atoms with Gasteiger partial charge in [-0.1, -0.05) is 0 Å². The van der Waals surface area contributed by atoms with E-state index in [2.05, 4.69) is 4.74 Å². The fourth-order valence-corrected chi connectivity index (χ4v) is 0.203. The number of hydrogen-bond acceptors (Lipinski definition) is 3. The molecular weight excluding hydrogens is 163 g/mol. The second kappa shape index (κ2) is 5.79. The molecule has 9 heavy (non-hydrogen) atoms. The Morgan fingerprint density at radius 2 is 1.78 bits per heavy atom. The molecule has 0 aliphatic carbocycles. The van der Waals surface area contributed by atoms with E-state index in [-0.39, 0.29) is 29.5 Å². The van der Waals surface area contributed by atoms with E-state index in [1.54, 1.807) is 0 Å². The number of Topliss-reactive ketones (excluding diaryl/α,β-unsaturated/α-hetero) is 1. The second-order valence-corrected chi connectivity index (χ2v) is 1.48. The van der Waals surface area contributed by atoms with Crippen LogP contribution in [0.15, 0.2) is 0 Å². The minimum absolute atomic E-state index is 0. The van der Waals surface area contributed by atoms with E-state index in [0.29, 0.717) is 0 Å². The molecule has 0 aromatic carbocycles. The first-order chi connectivity index (χ1) is 3.63. The predicted octanol–water partition coefficient (Wildman–Crippen LogP) is 0.136. The van der Waals surface area contributed by atoms with Gasteiger partial charge in [0.25, 0.3) is 0 Å². The van der Waals surface area contributed by atoms with Crippen molar-refractivity contribution in [1.29, 1.82) is 0 Å². The van der Waals surface area contributed by atoms with Crippen molar-refractivity contribution in [3.05, 3.63) is 0 Å². The van der Waals surface area contributed by atoms with Crippen LogP contribution in [-0.2, 0) is 31.4 Å². The van der Waals surface area contributed by atoms with Crippen molar-refractivity contribution in [3.8, 4) is 0 Å². The fraction of sp³-hybridized carbons (Fsp3) is 0.600. The van der Waals surface area contributed by atoms with Gasteiger partial charge >= 0.3 is 23.0 Å². The van der Waals surface area contributed by atoms with Crippen molar-refractivity contribution in [2.24, 2.45) is 0 Å². The van der Waals surface area contributed by atoms with Crippen LogP contribution in [0.1, 0.15) is 13.8 Å². The molecule has 0 rings (SSSR count). The summed E-state index contributed by atoms with van der Waals surface area (Å²) in [5.74, 6) is -0.555. The zero-order valence-electron chi connectivity index (χ0n) is 5.31. The summed E-state index contributed by atoms with van der Waals surface area (Å²) >= 11 is 0. The van der Waals surface area contributed by atoms with Gasteiger partial charge in [0.1, 0.15) is 6.61 Å². The third kappa shape index (κ3) is 11.3. The van der Waals surface area contributed by atoms with Gasteiger partial charge in [-0.2, -0.15) is 0 Å². The molecule has 0 bridgehead atoms. The number of rotatable bonds is 2. The molecule has 0 amide bonds. The summed E-state index contributed by atoms with van der Waals surface area (Å²) in [6.07, 6.45) is 0. The summed E-state index contributed by atoms with van der Waals surface area (Å²) < 4.78 is 4.31. The Bertz CT molecular complexity index is 96.8. The SMILES string of the molecule is CC(=O)COC(C)=O.[Mn+2]. The minimum atomic E-state index is -0.416. The predicted molar refractivity (Wildman–Crippen MR) is 27.3 cm³/mol. The summed E-state index contributed by atoms with van der Waals surface area (Å²) in [6.45, 7) is 2.53. The fourth-order valence-electron chi connectivity index (χ4n) is 0.203. The maximum Gasteiger partial charge on any atom is 2.00 e. The molecule has 3 nitrogen and oxygen atoms in total. The zero-order chi connectivity index (χ0) is 6.57. The quantitative estimate of drug-likeness (QED) is 0.438. The Kier molecular flexibility index (Phi) is 7.37. The Morgan fingerprint density at radius 1 is 1.33 bits per heavy atom. The normalized spacial score (nSPS) is 7.33. The minimum Gasteiger partial charge on any atom is -0.458 e. The van der Waals surface area contributed by atoms with Crippen LogP contribution < -0.4 is 0 Å². The molecule has 0 saturated carbocycles. The van der Waals surface area contributed by atoms with E-state index in [1.807, 2.05) is 0 Å². The van der Waals surface area contributed by atoms with Crippen LogP contribution in [0.5, 0.6) is 0 Å². The van der Waals surface area contributed by atoms with Crippen LogP contribution in [0, 0.1) is 0 Å². The molecule has 0 atom stereocenters. The number of ketones is 1. The van der Waals surface area contributed by atoms with Gasteiger partial charge in [-0.25, -0.2) is 0 Å². The second-order valence-electron chi connectivity index (χ2n) is 1.48. The van der Waals surface area contributed by atoms with Gasteiger partial charge in [-0.15, -0.1) is 0 Å². The largest absolute Gasteiger partial charge is 2.00 e. The number of carbonyl (C=O) groups is 2. The number of carbonyl (C=O) groups excluding carboxylic acids is 2. The molecule has 51 valence electrons. The first kappa shape index (κ1) is 11.5. The molecule has 0 spiro atoms. The monoisotopic (exact) mass is 171 g/mol. The van der Waals surface area contributed by atoms with Gasteiger partial charge < -0.3 is 4.74 Å². The van der Waals surface area contributed by atoms with Gasteiger partial charge in [0.2, 0.25) is 0 Å². The van der Waals surface area contributed by atoms with Crippen LogP contribution in [-0.4, -0.2) is 18.4 Å².